The van der Waals surface area contributed by atoms with Gasteiger partial charge in [-0.25, -0.2) is 0 Å². The van der Waals surface area contributed by atoms with Crippen LogP contribution in [0.2, 0.25) is 0 Å². The van der Waals surface area contributed by atoms with Gasteiger partial charge in [0.1, 0.15) is 23.0 Å². The molecule has 0 aliphatic heterocycles. The van der Waals surface area contributed by atoms with E-state index in [0.29, 0.717) is 17.4 Å². The number of benzene rings is 3. The minimum atomic E-state index is -5.68. The molecule has 0 N–H and O–H groups in total. The molecule has 0 unspecified atom stereocenters. The zero-order valence-electron chi connectivity index (χ0n) is 20.0. The average Bonchev–Trinajstić information content (AvgIpc) is 2.83. The first-order valence-corrected chi connectivity index (χ1v) is 11.6. The summed E-state index contributed by atoms with van der Waals surface area (Å²) in [7, 11) is 0. The number of ether oxygens (including phenoxy) is 2. The van der Waals surface area contributed by atoms with Gasteiger partial charge in [-0.2, -0.15) is 26.3 Å². The molecule has 3 aromatic rings. The highest BCUT2D eigenvalue weighted by Gasteiger charge is 2.72. The van der Waals surface area contributed by atoms with Crippen LogP contribution in [0.3, 0.4) is 0 Å². The van der Waals surface area contributed by atoms with Crippen molar-refractivity contribution in [3.8, 4) is 17.2 Å². The molecule has 0 radical (unpaired) electrons. The van der Waals surface area contributed by atoms with Gasteiger partial charge in [-0.1, -0.05) is 55.0 Å². The van der Waals surface area contributed by atoms with Crippen molar-refractivity contribution in [3.63, 3.8) is 0 Å². The molecular formula is C29H24F6O2. The second kappa shape index (κ2) is 10.00. The molecule has 0 amide bonds. The van der Waals surface area contributed by atoms with Crippen molar-refractivity contribution in [1.82, 2.24) is 0 Å². The Labute approximate surface area is 210 Å². The van der Waals surface area contributed by atoms with Crippen LogP contribution in [0, 0.1) is 12.8 Å². The van der Waals surface area contributed by atoms with Crippen molar-refractivity contribution in [3.05, 3.63) is 113 Å². The fourth-order valence-electron chi connectivity index (χ4n) is 4.19. The molecule has 2 nitrogen and oxygen atoms in total. The van der Waals surface area contributed by atoms with E-state index in [1.807, 2.05) is 26.0 Å². The molecule has 0 saturated heterocycles. The Morgan fingerprint density at radius 2 is 1.08 bits per heavy atom. The fraction of sp³-hybridized carbons (Fsp3) is 0.241. The second-order valence-corrected chi connectivity index (χ2v) is 8.99. The van der Waals surface area contributed by atoms with Gasteiger partial charge in [-0.05, 0) is 78.9 Å². The maximum Gasteiger partial charge on any atom is 0.411 e. The Bertz CT molecular complexity index is 1250. The highest BCUT2D eigenvalue weighted by molar-refractivity contribution is 5.48. The van der Waals surface area contributed by atoms with Crippen molar-refractivity contribution in [1.29, 1.82) is 0 Å². The van der Waals surface area contributed by atoms with Crippen LogP contribution < -0.4 is 9.47 Å². The molecule has 0 heterocycles. The number of hydrogen-bond donors (Lipinski definition) is 0. The average molecular weight is 518 g/mol. The highest BCUT2D eigenvalue weighted by Crippen LogP contribution is 2.56. The Balaban J connectivity index is 1.69. The van der Waals surface area contributed by atoms with Gasteiger partial charge in [0.05, 0.1) is 0 Å². The largest absolute Gasteiger partial charge is 0.458 e. The number of aryl methyl sites for hydroxylation is 1. The molecular weight excluding hydrogens is 494 g/mol. The van der Waals surface area contributed by atoms with Gasteiger partial charge in [-0.3, -0.25) is 0 Å². The summed E-state index contributed by atoms with van der Waals surface area (Å²) in [6.07, 6.45) is -5.20. The van der Waals surface area contributed by atoms with Gasteiger partial charge in [0.2, 0.25) is 5.41 Å². The second-order valence-electron chi connectivity index (χ2n) is 8.99. The van der Waals surface area contributed by atoms with E-state index in [-0.39, 0.29) is 11.5 Å². The van der Waals surface area contributed by atoms with E-state index in [2.05, 4.69) is 0 Å². The van der Waals surface area contributed by atoms with Crippen LogP contribution in [0.25, 0.3) is 0 Å². The minimum absolute atomic E-state index is 0.109. The molecule has 1 atom stereocenters. The standard InChI is InChI=1S/C29H24F6O2/c1-19-3-11-23(12-4-19)36-25-15-7-21(8-16-25)27(28(30,31)32,29(33,34)35)22-9-17-26(18-10-22)37-24-13-5-20(2)6-14-24/h3-5,7-18,20H,6H2,1-2H3/t20-/m0/s1. The number of allylic oxidation sites excluding steroid dienone is 3. The zero-order chi connectivity index (χ0) is 26.8. The maximum absolute atomic E-state index is 14.4. The van der Waals surface area contributed by atoms with Crippen LogP contribution in [0.1, 0.15) is 30.0 Å². The highest BCUT2D eigenvalue weighted by atomic mass is 19.4. The summed E-state index contributed by atoms with van der Waals surface area (Å²) < 4.78 is 97.8. The van der Waals surface area contributed by atoms with Gasteiger partial charge >= 0.3 is 12.4 Å². The van der Waals surface area contributed by atoms with Crippen molar-refractivity contribution >= 4 is 0 Å². The third-order valence-corrected chi connectivity index (χ3v) is 6.20. The molecule has 1 aliphatic carbocycles. The topological polar surface area (TPSA) is 18.5 Å². The molecule has 0 bridgehead atoms. The summed E-state index contributed by atoms with van der Waals surface area (Å²) in [5.41, 5.74) is -5.21. The van der Waals surface area contributed by atoms with E-state index >= 15 is 0 Å². The molecule has 37 heavy (non-hydrogen) atoms. The van der Waals surface area contributed by atoms with Gasteiger partial charge in [0.15, 0.2) is 0 Å². The Morgan fingerprint density at radius 3 is 1.49 bits per heavy atom. The van der Waals surface area contributed by atoms with Crippen LogP contribution in [0.15, 0.2) is 96.8 Å². The lowest BCUT2D eigenvalue weighted by molar-refractivity contribution is -0.288. The number of hydrogen-bond acceptors (Lipinski definition) is 2. The lowest BCUT2D eigenvalue weighted by Crippen LogP contribution is -2.54. The first kappa shape index (κ1) is 26.4. The van der Waals surface area contributed by atoms with E-state index in [4.69, 9.17) is 9.47 Å². The fourth-order valence-corrected chi connectivity index (χ4v) is 4.19. The summed E-state index contributed by atoms with van der Waals surface area (Å²) in [5.74, 6) is 1.45. The molecule has 8 heteroatoms. The normalized spacial score (nSPS) is 16.3. The lowest BCUT2D eigenvalue weighted by atomic mass is 9.73. The maximum atomic E-state index is 14.4. The molecule has 4 rings (SSSR count). The van der Waals surface area contributed by atoms with Gasteiger partial charge < -0.3 is 9.47 Å². The summed E-state index contributed by atoms with van der Waals surface area (Å²) in [5, 5.41) is 0. The number of rotatable bonds is 6. The minimum Gasteiger partial charge on any atom is -0.458 e. The summed E-state index contributed by atoms with van der Waals surface area (Å²) in [6, 6.07) is 14.5. The molecule has 194 valence electrons. The van der Waals surface area contributed by atoms with E-state index in [0.717, 1.165) is 60.5 Å². The Hall–Kier alpha value is -3.68. The predicted octanol–water partition coefficient (Wildman–Crippen LogP) is 9.06. The van der Waals surface area contributed by atoms with Gasteiger partial charge in [0.25, 0.3) is 0 Å². The Kier molecular flexibility index (Phi) is 7.13. The van der Waals surface area contributed by atoms with E-state index < -0.39 is 28.9 Å². The molecule has 1 aliphatic rings. The van der Waals surface area contributed by atoms with Crippen LogP contribution in [-0.4, -0.2) is 12.4 Å². The number of halogens is 6. The molecule has 3 aromatic carbocycles. The Morgan fingerprint density at radius 1 is 0.649 bits per heavy atom. The zero-order valence-corrected chi connectivity index (χ0v) is 20.0. The van der Waals surface area contributed by atoms with Crippen molar-refractivity contribution in [2.75, 3.05) is 0 Å². The number of alkyl halides is 6. The van der Waals surface area contributed by atoms with E-state index in [1.165, 1.54) is 0 Å². The smallest absolute Gasteiger partial charge is 0.411 e. The summed E-state index contributed by atoms with van der Waals surface area (Å²) >= 11 is 0. The van der Waals surface area contributed by atoms with Crippen molar-refractivity contribution in [2.45, 2.75) is 38.0 Å². The van der Waals surface area contributed by atoms with Crippen molar-refractivity contribution < 1.29 is 35.8 Å². The van der Waals surface area contributed by atoms with E-state index in [1.54, 1.807) is 30.3 Å². The third kappa shape index (κ3) is 5.38. The van der Waals surface area contributed by atoms with E-state index in [9.17, 15) is 26.3 Å². The third-order valence-electron chi connectivity index (χ3n) is 6.20. The van der Waals surface area contributed by atoms with Crippen molar-refractivity contribution in [2.24, 2.45) is 5.92 Å². The quantitative estimate of drug-likeness (QED) is 0.303. The van der Waals surface area contributed by atoms with Crippen LogP contribution in [0.5, 0.6) is 17.2 Å². The first-order chi connectivity index (χ1) is 17.4. The molecule has 0 fully saturated rings. The molecule has 0 aromatic heterocycles. The summed E-state index contributed by atoms with van der Waals surface area (Å²) in [6.45, 7) is 3.88. The van der Waals surface area contributed by atoms with Crippen LogP contribution >= 0.6 is 0 Å². The lowest BCUT2D eigenvalue weighted by Gasteiger charge is -2.38. The van der Waals surface area contributed by atoms with Crippen LogP contribution in [-0.2, 0) is 5.41 Å². The van der Waals surface area contributed by atoms with Gasteiger partial charge in [-0.15, -0.1) is 0 Å². The predicted molar refractivity (Wildman–Crippen MR) is 129 cm³/mol. The molecule has 0 spiro atoms. The first-order valence-electron chi connectivity index (χ1n) is 11.6. The van der Waals surface area contributed by atoms with Gasteiger partial charge in [0, 0.05) is 0 Å². The monoisotopic (exact) mass is 518 g/mol. The summed E-state index contributed by atoms with van der Waals surface area (Å²) in [4.78, 5) is 0. The molecule has 0 saturated carbocycles. The van der Waals surface area contributed by atoms with Crippen LogP contribution in [0.4, 0.5) is 26.3 Å². The SMILES string of the molecule is Cc1ccc(Oc2ccc(C(c3ccc(OC4=CC[C@@H](C)C=C4)cc3)(C(F)(F)F)C(F)(F)F)cc2)cc1.